The maximum Gasteiger partial charge on any atom is 0.266 e. The van der Waals surface area contributed by atoms with Crippen LogP contribution in [0.4, 0.5) is 10.3 Å². The van der Waals surface area contributed by atoms with E-state index in [0.717, 1.165) is 30.5 Å². The number of carbonyl (C=O) groups excluding carboxylic acids is 1. The zero-order chi connectivity index (χ0) is 23.7. The lowest BCUT2D eigenvalue weighted by Crippen LogP contribution is -2.45. The Hall–Kier alpha value is -3.92. The molecule has 0 radical (unpaired) electrons. The van der Waals surface area contributed by atoms with Crippen LogP contribution in [0.25, 0.3) is 16.6 Å². The standard InChI is InChI=1S/C24H21FN6O2S/c25-18-4-1-2-5-20(18)31-22(33)17-7-6-15(14-19(17)29-24(31)34)21(32)28-16-8-12-30(13-9-16)23-26-10-3-11-27-23/h1-7,10-11,14,16H,8-9,12-13H2,(H,28,32)(H,29,34). The smallest absolute Gasteiger partial charge is 0.266 e. The Morgan fingerprint density at radius 3 is 2.56 bits per heavy atom. The third-order valence-corrected chi connectivity index (χ3v) is 6.20. The second-order valence-corrected chi connectivity index (χ2v) is 8.45. The van der Waals surface area contributed by atoms with Crippen LogP contribution < -0.4 is 15.8 Å². The summed E-state index contributed by atoms with van der Waals surface area (Å²) >= 11 is 5.33. The number of rotatable bonds is 4. The number of fused-ring (bicyclic) bond motifs is 1. The van der Waals surface area contributed by atoms with Gasteiger partial charge in [0.25, 0.3) is 11.5 Å². The van der Waals surface area contributed by atoms with Gasteiger partial charge in [-0.1, -0.05) is 12.1 Å². The van der Waals surface area contributed by atoms with E-state index in [2.05, 4.69) is 25.2 Å². The fourth-order valence-electron chi connectivity index (χ4n) is 4.16. The van der Waals surface area contributed by atoms with E-state index in [1.807, 2.05) is 0 Å². The number of nitrogens with zero attached hydrogens (tertiary/aromatic N) is 4. The maximum absolute atomic E-state index is 14.3. The molecule has 4 aromatic rings. The largest absolute Gasteiger partial charge is 0.349 e. The lowest BCUT2D eigenvalue weighted by atomic mass is 10.0. The number of carbonyl (C=O) groups is 1. The summed E-state index contributed by atoms with van der Waals surface area (Å²) in [5, 5.41) is 3.38. The number of hydrogen-bond acceptors (Lipinski definition) is 6. The molecule has 0 saturated carbocycles. The number of benzene rings is 2. The molecule has 1 aliphatic heterocycles. The van der Waals surface area contributed by atoms with Crippen LogP contribution in [0, 0.1) is 10.6 Å². The average molecular weight is 477 g/mol. The van der Waals surface area contributed by atoms with Gasteiger partial charge in [-0.3, -0.25) is 9.59 Å². The first kappa shape index (κ1) is 21.9. The molecule has 1 aliphatic rings. The first-order valence-electron chi connectivity index (χ1n) is 10.9. The van der Waals surface area contributed by atoms with Gasteiger partial charge in [-0.2, -0.15) is 0 Å². The van der Waals surface area contributed by atoms with Crippen molar-refractivity contribution >= 4 is 35.0 Å². The summed E-state index contributed by atoms with van der Waals surface area (Å²) in [6, 6.07) is 12.5. The molecule has 5 rings (SSSR count). The van der Waals surface area contributed by atoms with E-state index in [-0.39, 0.29) is 22.4 Å². The van der Waals surface area contributed by atoms with Crippen LogP contribution in [0.15, 0.2) is 65.7 Å². The van der Waals surface area contributed by atoms with E-state index in [9.17, 15) is 14.0 Å². The third kappa shape index (κ3) is 4.19. The van der Waals surface area contributed by atoms with Crippen LogP contribution >= 0.6 is 12.2 Å². The summed E-state index contributed by atoms with van der Waals surface area (Å²) in [5.41, 5.74) is 0.456. The number of aromatic nitrogens is 4. The first-order chi connectivity index (χ1) is 16.5. The van der Waals surface area contributed by atoms with Gasteiger partial charge in [-0.25, -0.2) is 18.9 Å². The van der Waals surface area contributed by atoms with Gasteiger partial charge in [-0.05, 0) is 61.5 Å². The first-order valence-corrected chi connectivity index (χ1v) is 11.3. The van der Waals surface area contributed by atoms with Crippen LogP contribution in [-0.4, -0.2) is 44.6 Å². The van der Waals surface area contributed by atoms with Crippen LogP contribution in [0.3, 0.4) is 0 Å². The summed E-state index contributed by atoms with van der Waals surface area (Å²) in [6.45, 7) is 1.49. The summed E-state index contributed by atoms with van der Waals surface area (Å²) < 4.78 is 15.4. The lowest BCUT2D eigenvalue weighted by molar-refractivity contribution is 0.0931. The van der Waals surface area contributed by atoms with Crippen molar-refractivity contribution < 1.29 is 9.18 Å². The van der Waals surface area contributed by atoms with Crippen LogP contribution in [0.5, 0.6) is 0 Å². The molecule has 1 amide bonds. The minimum absolute atomic E-state index is 0.0238. The van der Waals surface area contributed by atoms with Gasteiger partial charge in [-0.15, -0.1) is 0 Å². The van der Waals surface area contributed by atoms with E-state index >= 15 is 0 Å². The zero-order valence-corrected chi connectivity index (χ0v) is 18.9. The third-order valence-electron chi connectivity index (χ3n) is 5.92. The van der Waals surface area contributed by atoms with E-state index in [0.29, 0.717) is 22.4 Å². The van der Waals surface area contributed by atoms with Crippen molar-refractivity contribution in [2.24, 2.45) is 0 Å². The molecule has 172 valence electrons. The summed E-state index contributed by atoms with van der Waals surface area (Å²) in [7, 11) is 0. The van der Waals surface area contributed by atoms with Gasteiger partial charge in [0.2, 0.25) is 5.95 Å². The topological polar surface area (TPSA) is 95.9 Å². The summed E-state index contributed by atoms with van der Waals surface area (Å²) in [4.78, 5) is 39.5. The van der Waals surface area contributed by atoms with E-state index < -0.39 is 11.4 Å². The number of piperidine rings is 1. The fraction of sp³-hybridized carbons (Fsp3) is 0.208. The second kappa shape index (κ2) is 9.14. The number of nitrogens with one attached hydrogen (secondary N) is 2. The number of halogens is 1. The zero-order valence-electron chi connectivity index (χ0n) is 18.1. The van der Waals surface area contributed by atoms with Crippen LogP contribution in [0.2, 0.25) is 0 Å². The molecule has 2 N–H and O–H groups in total. The van der Waals surface area contributed by atoms with Crippen molar-refractivity contribution in [1.29, 1.82) is 0 Å². The number of aromatic amines is 1. The molecule has 3 heterocycles. The van der Waals surface area contributed by atoms with Gasteiger partial charge < -0.3 is 15.2 Å². The number of anilines is 1. The summed E-state index contributed by atoms with van der Waals surface area (Å²) in [6.07, 6.45) is 4.97. The molecule has 0 unspecified atom stereocenters. The molecule has 8 nitrogen and oxygen atoms in total. The highest BCUT2D eigenvalue weighted by atomic mass is 32.1. The van der Waals surface area contributed by atoms with Gasteiger partial charge in [0.05, 0.1) is 16.6 Å². The molecular weight excluding hydrogens is 455 g/mol. The summed E-state index contributed by atoms with van der Waals surface area (Å²) in [5.74, 6) is -0.0867. The Kier molecular flexibility index (Phi) is 5.89. The Balaban J connectivity index is 1.34. The molecule has 1 saturated heterocycles. The van der Waals surface area contributed by atoms with Crippen LogP contribution in [0.1, 0.15) is 23.2 Å². The van der Waals surface area contributed by atoms with Gasteiger partial charge in [0.1, 0.15) is 5.82 Å². The normalized spacial score (nSPS) is 14.3. The predicted octanol–water partition coefficient (Wildman–Crippen LogP) is 3.38. The Morgan fingerprint density at radius 1 is 1.09 bits per heavy atom. The number of amides is 1. The van der Waals surface area contributed by atoms with Crippen molar-refractivity contribution in [1.82, 2.24) is 24.8 Å². The molecule has 0 aliphatic carbocycles. The SMILES string of the molecule is O=C(NC1CCN(c2ncccn2)CC1)c1ccc2c(=O)n(-c3ccccc3F)c(=S)[nH]c2c1. The number of hydrogen-bond donors (Lipinski definition) is 2. The minimum atomic E-state index is -0.552. The molecular formula is C24H21FN6O2S. The fourth-order valence-corrected chi connectivity index (χ4v) is 4.45. The second-order valence-electron chi connectivity index (χ2n) is 8.07. The highest BCUT2D eigenvalue weighted by Gasteiger charge is 2.23. The molecule has 2 aromatic carbocycles. The average Bonchev–Trinajstić information content (AvgIpc) is 2.86. The van der Waals surface area contributed by atoms with E-state index in [4.69, 9.17) is 12.2 Å². The monoisotopic (exact) mass is 476 g/mol. The van der Waals surface area contributed by atoms with Crippen molar-refractivity contribution in [2.75, 3.05) is 18.0 Å². The Bertz CT molecular complexity index is 1480. The van der Waals surface area contributed by atoms with Gasteiger partial charge >= 0.3 is 0 Å². The van der Waals surface area contributed by atoms with Crippen molar-refractivity contribution in [3.05, 3.63) is 87.4 Å². The van der Waals surface area contributed by atoms with Gasteiger partial charge in [0.15, 0.2) is 4.77 Å². The molecule has 0 bridgehead atoms. The lowest BCUT2D eigenvalue weighted by Gasteiger charge is -2.32. The van der Waals surface area contributed by atoms with Gasteiger partial charge in [0, 0.05) is 37.1 Å². The molecule has 2 aromatic heterocycles. The molecule has 0 atom stereocenters. The van der Waals surface area contributed by atoms with Crippen molar-refractivity contribution in [3.63, 3.8) is 0 Å². The molecule has 1 fully saturated rings. The maximum atomic E-state index is 14.3. The van der Waals surface area contributed by atoms with E-state index in [1.165, 1.54) is 12.1 Å². The number of H-pyrrole nitrogens is 1. The Morgan fingerprint density at radius 2 is 1.82 bits per heavy atom. The quantitative estimate of drug-likeness (QED) is 0.439. The highest BCUT2D eigenvalue weighted by molar-refractivity contribution is 7.71. The predicted molar refractivity (Wildman–Crippen MR) is 129 cm³/mol. The van der Waals surface area contributed by atoms with Crippen molar-refractivity contribution in [3.8, 4) is 5.69 Å². The number of para-hydroxylation sites is 1. The van der Waals surface area contributed by atoms with Crippen molar-refractivity contribution in [2.45, 2.75) is 18.9 Å². The highest BCUT2D eigenvalue weighted by Crippen LogP contribution is 2.18. The van der Waals surface area contributed by atoms with E-state index in [1.54, 1.807) is 48.8 Å². The molecule has 0 spiro atoms. The molecule has 10 heteroatoms. The Labute approximate surface area is 199 Å². The van der Waals surface area contributed by atoms with Crippen LogP contribution in [-0.2, 0) is 0 Å². The minimum Gasteiger partial charge on any atom is -0.349 e. The molecule has 34 heavy (non-hydrogen) atoms.